The Bertz CT molecular complexity index is 272. The van der Waals surface area contributed by atoms with E-state index in [1.165, 1.54) is 0 Å². The van der Waals surface area contributed by atoms with Crippen LogP contribution in [0.3, 0.4) is 0 Å². The van der Waals surface area contributed by atoms with Crippen LogP contribution in [0.15, 0.2) is 12.4 Å². The minimum absolute atomic E-state index is 0.0753. The molecule has 1 heterocycles. The Morgan fingerprint density at radius 1 is 1.64 bits per heavy atom. The SMILES string of the molecule is CC(C(OC=O)c1ncc[nH]1)N(C)C. The number of H-pyrrole nitrogens is 1. The molecule has 0 saturated heterocycles. The van der Waals surface area contributed by atoms with Gasteiger partial charge in [0, 0.05) is 12.4 Å². The Morgan fingerprint density at radius 3 is 2.79 bits per heavy atom. The van der Waals surface area contributed by atoms with Crippen molar-refractivity contribution in [2.24, 2.45) is 0 Å². The first kappa shape index (κ1) is 10.7. The molecule has 2 atom stereocenters. The first-order chi connectivity index (χ1) is 6.66. The number of aromatic nitrogens is 2. The summed E-state index contributed by atoms with van der Waals surface area (Å²) in [7, 11) is 3.85. The molecule has 14 heavy (non-hydrogen) atoms. The number of hydrogen-bond donors (Lipinski definition) is 1. The Kier molecular flexibility index (Phi) is 3.64. The van der Waals surface area contributed by atoms with E-state index in [-0.39, 0.29) is 12.1 Å². The van der Waals surface area contributed by atoms with Crippen molar-refractivity contribution in [3.05, 3.63) is 18.2 Å². The van der Waals surface area contributed by atoms with Gasteiger partial charge >= 0.3 is 0 Å². The van der Waals surface area contributed by atoms with Gasteiger partial charge in [0.25, 0.3) is 6.47 Å². The predicted molar refractivity (Wildman–Crippen MR) is 51.6 cm³/mol. The number of nitrogens with one attached hydrogen (secondary N) is 1. The second-order valence-electron chi connectivity index (χ2n) is 3.33. The van der Waals surface area contributed by atoms with Crippen LogP contribution in [0.1, 0.15) is 18.9 Å². The quantitative estimate of drug-likeness (QED) is 0.701. The molecule has 1 aromatic heterocycles. The number of hydrogen-bond acceptors (Lipinski definition) is 4. The molecule has 0 saturated carbocycles. The van der Waals surface area contributed by atoms with Crippen molar-refractivity contribution in [3.63, 3.8) is 0 Å². The molecule has 0 aromatic carbocycles. The summed E-state index contributed by atoms with van der Waals surface area (Å²) in [5.74, 6) is 0.665. The van der Waals surface area contributed by atoms with Gasteiger partial charge < -0.3 is 14.6 Å². The summed E-state index contributed by atoms with van der Waals surface area (Å²) in [6.07, 6.45) is 3.00. The number of ether oxygens (including phenoxy) is 1. The van der Waals surface area contributed by atoms with Gasteiger partial charge in [-0.05, 0) is 21.0 Å². The summed E-state index contributed by atoms with van der Waals surface area (Å²) >= 11 is 0. The number of imidazole rings is 1. The number of rotatable bonds is 5. The van der Waals surface area contributed by atoms with E-state index in [0.29, 0.717) is 12.3 Å². The molecule has 1 N–H and O–H groups in total. The molecule has 5 nitrogen and oxygen atoms in total. The highest BCUT2D eigenvalue weighted by Crippen LogP contribution is 2.19. The lowest BCUT2D eigenvalue weighted by Gasteiger charge is -2.26. The molecule has 2 unspecified atom stereocenters. The second-order valence-corrected chi connectivity index (χ2v) is 3.33. The van der Waals surface area contributed by atoms with Crippen LogP contribution in [0, 0.1) is 0 Å². The summed E-state index contributed by atoms with van der Waals surface area (Å²) < 4.78 is 4.99. The molecule has 0 aliphatic rings. The second kappa shape index (κ2) is 4.76. The first-order valence-electron chi connectivity index (χ1n) is 4.41. The minimum atomic E-state index is -0.350. The van der Waals surface area contributed by atoms with Crippen LogP contribution in [-0.2, 0) is 9.53 Å². The molecule has 0 aliphatic heterocycles. The van der Waals surface area contributed by atoms with E-state index in [2.05, 4.69) is 9.97 Å². The number of nitrogens with zero attached hydrogens (tertiary/aromatic N) is 2. The predicted octanol–water partition coefficient (Wildman–Crippen LogP) is 0.574. The summed E-state index contributed by atoms with van der Waals surface area (Å²) in [6, 6.07) is 0.0753. The highest BCUT2D eigenvalue weighted by atomic mass is 16.5. The third-order valence-corrected chi connectivity index (χ3v) is 2.24. The van der Waals surface area contributed by atoms with Crippen molar-refractivity contribution in [2.45, 2.75) is 19.1 Å². The zero-order valence-corrected chi connectivity index (χ0v) is 8.60. The topological polar surface area (TPSA) is 58.2 Å². The number of aromatic amines is 1. The molecule has 1 rings (SSSR count). The standard InChI is InChI=1S/C9H15N3O2/c1-7(12(2)3)8(14-6-13)9-10-4-5-11-9/h4-8H,1-3H3,(H,10,11). The fourth-order valence-electron chi connectivity index (χ4n) is 1.17. The average molecular weight is 197 g/mol. The van der Waals surface area contributed by atoms with E-state index < -0.39 is 0 Å². The maximum absolute atomic E-state index is 10.4. The van der Waals surface area contributed by atoms with Gasteiger partial charge in [-0.15, -0.1) is 0 Å². The number of likely N-dealkylation sites (N-methyl/N-ethyl adjacent to an activating group) is 1. The Balaban J connectivity index is 2.79. The zero-order valence-electron chi connectivity index (χ0n) is 8.60. The van der Waals surface area contributed by atoms with Crippen LogP contribution in [0.4, 0.5) is 0 Å². The van der Waals surface area contributed by atoms with Crippen LogP contribution in [0.2, 0.25) is 0 Å². The van der Waals surface area contributed by atoms with Gasteiger partial charge in [0.2, 0.25) is 0 Å². The molecular formula is C9H15N3O2. The lowest BCUT2D eigenvalue weighted by atomic mass is 10.1. The Hall–Kier alpha value is -1.36. The van der Waals surface area contributed by atoms with Gasteiger partial charge in [-0.3, -0.25) is 4.79 Å². The molecule has 0 fully saturated rings. The van der Waals surface area contributed by atoms with Gasteiger partial charge in [-0.25, -0.2) is 4.98 Å². The van der Waals surface area contributed by atoms with Gasteiger partial charge in [0.1, 0.15) is 5.82 Å². The van der Waals surface area contributed by atoms with Crippen LogP contribution < -0.4 is 0 Å². The summed E-state index contributed by atoms with van der Waals surface area (Å²) in [4.78, 5) is 19.3. The normalized spacial score (nSPS) is 15.1. The molecule has 0 spiro atoms. The molecular weight excluding hydrogens is 182 g/mol. The van der Waals surface area contributed by atoms with Crippen LogP contribution in [0.25, 0.3) is 0 Å². The molecule has 0 aliphatic carbocycles. The van der Waals surface area contributed by atoms with E-state index in [9.17, 15) is 4.79 Å². The van der Waals surface area contributed by atoms with Crippen molar-refractivity contribution in [1.29, 1.82) is 0 Å². The van der Waals surface area contributed by atoms with E-state index >= 15 is 0 Å². The Morgan fingerprint density at radius 2 is 2.36 bits per heavy atom. The van der Waals surface area contributed by atoms with E-state index in [4.69, 9.17) is 4.74 Å². The van der Waals surface area contributed by atoms with Gasteiger partial charge in [-0.2, -0.15) is 0 Å². The van der Waals surface area contributed by atoms with Gasteiger partial charge in [0.05, 0.1) is 6.04 Å². The molecule has 78 valence electrons. The third-order valence-electron chi connectivity index (χ3n) is 2.24. The summed E-state index contributed by atoms with van der Waals surface area (Å²) in [5.41, 5.74) is 0. The fourth-order valence-corrected chi connectivity index (χ4v) is 1.17. The van der Waals surface area contributed by atoms with Crippen LogP contribution in [-0.4, -0.2) is 41.5 Å². The molecule has 0 radical (unpaired) electrons. The fraction of sp³-hybridized carbons (Fsp3) is 0.556. The largest absolute Gasteiger partial charge is 0.455 e. The smallest absolute Gasteiger partial charge is 0.293 e. The minimum Gasteiger partial charge on any atom is -0.455 e. The van der Waals surface area contributed by atoms with E-state index in [1.807, 2.05) is 25.9 Å². The average Bonchev–Trinajstić information content (AvgIpc) is 2.65. The van der Waals surface area contributed by atoms with Crippen molar-refractivity contribution >= 4 is 6.47 Å². The van der Waals surface area contributed by atoms with E-state index in [0.717, 1.165) is 0 Å². The summed E-state index contributed by atoms with van der Waals surface area (Å²) in [6.45, 7) is 2.42. The van der Waals surface area contributed by atoms with Gasteiger partial charge in [0.15, 0.2) is 6.10 Å². The van der Waals surface area contributed by atoms with Crippen LogP contribution >= 0.6 is 0 Å². The van der Waals surface area contributed by atoms with Crippen molar-refractivity contribution in [1.82, 2.24) is 14.9 Å². The van der Waals surface area contributed by atoms with Crippen molar-refractivity contribution in [2.75, 3.05) is 14.1 Å². The lowest BCUT2D eigenvalue weighted by molar-refractivity contribution is -0.137. The van der Waals surface area contributed by atoms with Crippen LogP contribution in [0.5, 0.6) is 0 Å². The monoisotopic (exact) mass is 197 g/mol. The molecule has 1 aromatic rings. The maximum atomic E-state index is 10.4. The van der Waals surface area contributed by atoms with Crippen molar-refractivity contribution in [3.8, 4) is 0 Å². The highest BCUT2D eigenvalue weighted by Gasteiger charge is 2.24. The van der Waals surface area contributed by atoms with E-state index in [1.54, 1.807) is 12.4 Å². The number of carbonyl (C=O) groups excluding carboxylic acids is 1. The highest BCUT2D eigenvalue weighted by molar-refractivity contribution is 5.38. The molecule has 5 heteroatoms. The third kappa shape index (κ3) is 2.32. The molecule has 0 amide bonds. The van der Waals surface area contributed by atoms with Gasteiger partial charge in [-0.1, -0.05) is 0 Å². The van der Waals surface area contributed by atoms with Crippen molar-refractivity contribution < 1.29 is 9.53 Å². The lowest BCUT2D eigenvalue weighted by Crippen LogP contribution is -2.33. The summed E-state index contributed by atoms with van der Waals surface area (Å²) in [5, 5.41) is 0. The zero-order chi connectivity index (χ0) is 10.6. The maximum Gasteiger partial charge on any atom is 0.293 e. The Labute approximate surface area is 83.1 Å². The molecule has 0 bridgehead atoms. The first-order valence-corrected chi connectivity index (χ1v) is 4.41. The number of carbonyl (C=O) groups is 1.